The maximum Gasteiger partial charge on any atom is 0.433 e. The molecule has 0 saturated carbocycles. The van der Waals surface area contributed by atoms with Crippen molar-refractivity contribution in [3.63, 3.8) is 0 Å². The molecular weight excluding hydrogens is 442 g/mol. The van der Waals surface area contributed by atoms with E-state index in [-0.39, 0.29) is 11.3 Å². The number of carbonyl (C=O) groups excluding carboxylic acids is 1. The van der Waals surface area contributed by atoms with E-state index in [9.17, 15) is 31.1 Å². The molecular formula is C19H12F6N6O. The summed E-state index contributed by atoms with van der Waals surface area (Å²) in [5.74, 6) is -1.28. The molecule has 0 bridgehead atoms. The molecule has 0 unspecified atom stereocenters. The van der Waals surface area contributed by atoms with Crippen LogP contribution in [0.3, 0.4) is 0 Å². The van der Waals surface area contributed by atoms with Crippen LogP contribution >= 0.6 is 0 Å². The highest BCUT2D eigenvalue weighted by Gasteiger charge is 2.42. The molecule has 0 aliphatic heterocycles. The van der Waals surface area contributed by atoms with Crippen LogP contribution in [0.4, 0.5) is 32.0 Å². The summed E-state index contributed by atoms with van der Waals surface area (Å²) in [6.07, 6.45) is -6.25. The zero-order valence-electron chi connectivity index (χ0n) is 16.0. The van der Waals surface area contributed by atoms with Gasteiger partial charge in [0.2, 0.25) is 0 Å². The van der Waals surface area contributed by atoms with E-state index in [1.165, 1.54) is 18.5 Å². The van der Waals surface area contributed by atoms with Crippen LogP contribution in [0.5, 0.6) is 0 Å². The lowest BCUT2D eigenvalue weighted by Gasteiger charge is -2.12. The molecule has 0 fully saturated rings. The number of alkyl halides is 6. The SMILES string of the molecule is Cn1nc(-c2c[nH]c3ncccc23)c(C(F)(F)F)c1C(=O)Nc1ccnc(C(F)(F)F)c1. The summed E-state index contributed by atoms with van der Waals surface area (Å²) in [7, 11) is 1.13. The Morgan fingerprint density at radius 3 is 2.50 bits per heavy atom. The summed E-state index contributed by atoms with van der Waals surface area (Å²) in [5, 5.41) is 6.30. The highest BCUT2D eigenvalue weighted by Crippen LogP contribution is 2.41. The second-order valence-corrected chi connectivity index (χ2v) is 6.68. The number of fused-ring (bicyclic) bond motifs is 1. The molecule has 0 atom stereocenters. The summed E-state index contributed by atoms with van der Waals surface area (Å²) in [6, 6.07) is 4.63. The molecule has 4 heterocycles. The summed E-state index contributed by atoms with van der Waals surface area (Å²) in [5.41, 5.74) is -3.99. The third-order valence-corrected chi connectivity index (χ3v) is 4.56. The van der Waals surface area contributed by atoms with Crippen LogP contribution in [0.2, 0.25) is 0 Å². The molecule has 0 saturated heterocycles. The van der Waals surface area contributed by atoms with E-state index >= 15 is 0 Å². The first-order valence-corrected chi connectivity index (χ1v) is 8.88. The second kappa shape index (κ2) is 7.35. The van der Waals surface area contributed by atoms with E-state index in [0.717, 1.165) is 24.0 Å². The van der Waals surface area contributed by atoms with Gasteiger partial charge in [0.1, 0.15) is 28.3 Å². The Balaban J connectivity index is 1.81. The molecule has 2 N–H and O–H groups in total. The first-order valence-electron chi connectivity index (χ1n) is 8.88. The van der Waals surface area contributed by atoms with Crippen LogP contribution in [0, 0.1) is 0 Å². The third-order valence-electron chi connectivity index (χ3n) is 4.56. The average molecular weight is 454 g/mol. The quantitative estimate of drug-likeness (QED) is 0.441. The normalized spacial score (nSPS) is 12.3. The fraction of sp³-hybridized carbons (Fsp3) is 0.158. The highest BCUT2D eigenvalue weighted by atomic mass is 19.4. The highest BCUT2D eigenvalue weighted by molar-refractivity contribution is 6.06. The Morgan fingerprint density at radius 1 is 1.06 bits per heavy atom. The molecule has 0 aliphatic carbocycles. The van der Waals surface area contributed by atoms with Gasteiger partial charge in [-0.25, -0.2) is 4.98 Å². The minimum Gasteiger partial charge on any atom is -0.345 e. The van der Waals surface area contributed by atoms with Crippen LogP contribution in [-0.2, 0) is 19.4 Å². The molecule has 166 valence electrons. The number of hydrogen-bond acceptors (Lipinski definition) is 4. The van der Waals surface area contributed by atoms with Gasteiger partial charge in [-0.3, -0.25) is 14.5 Å². The van der Waals surface area contributed by atoms with Gasteiger partial charge < -0.3 is 10.3 Å². The van der Waals surface area contributed by atoms with Crippen LogP contribution in [0.15, 0.2) is 42.9 Å². The number of aryl methyl sites for hydroxylation is 1. The minimum absolute atomic E-state index is 0.0679. The summed E-state index contributed by atoms with van der Waals surface area (Å²) < 4.78 is 81.3. The number of amides is 1. The Morgan fingerprint density at radius 2 is 1.81 bits per heavy atom. The number of anilines is 1. The van der Waals surface area contributed by atoms with Gasteiger partial charge >= 0.3 is 12.4 Å². The molecule has 32 heavy (non-hydrogen) atoms. The summed E-state index contributed by atoms with van der Waals surface area (Å²) >= 11 is 0. The molecule has 13 heteroatoms. The topological polar surface area (TPSA) is 88.5 Å². The second-order valence-electron chi connectivity index (χ2n) is 6.68. The van der Waals surface area contributed by atoms with Crippen LogP contribution in [0.1, 0.15) is 21.7 Å². The van der Waals surface area contributed by atoms with Crippen molar-refractivity contribution in [3.8, 4) is 11.3 Å². The molecule has 0 radical (unpaired) electrons. The Bertz CT molecular complexity index is 1320. The van der Waals surface area contributed by atoms with Crippen LogP contribution in [0.25, 0.3) is 22.3 Å². The molecule has 7 nitrogen and oxygen atoms in total. The number of nitrogens with one attached hydrogen (secondary N) is 2. The maximum atomic E-state index is 14.0. The van der Waals surface area contributed by atoms with Gasteiger partial charge in [-0.05, 0) is 24.3 Å². The Hall–Kier alpha value is -3.90. The van der Waals surface area contributed by atoms with E-state index in [1.54, 1.807) is 6.07 Å². The van der Waals surface area contributed by atoms with Crippen molar-refractivity contribution in [2.75, 3.05) is 5.32 Å². The molecule has 4 rings (SSSR count). The Labute approximate surface area is 175 Å². The van der Waals surface area contributed by atoms with Crippen molar-refractivity contribution < 1.29 is 31.1 Å². The monoisotopic (exact) mass is 454 g/mol. The first-order chi connectivity index (χ1) is 15.0. The molecule has 0 aliphatic rings. The van der Waals surface area contributed by atoms with Gasteiger partial charge in [0, 0.05) is 42.3 Å². The zero-order valence-corrected chi connectivity index (χ0v) is 16.0. The maximum absolute atomic E-state index is 14.0. The number of hydrogen-bond donors (Lipinski definition) is 2. The van der Waals surface area contributed by atoms with E-state index < -0.39 is 40.9 Å². The van der Waals surface area contributed by atoms with Crippen molar-refractivity contribution >= 4 is 22.6 Å². The van der Waals surface area contributed by atoms with Gasteiger partial charge in [0.15, 0.2) is 0 Å². The largest absolute Gasteiger partial charge is 0.433 e. The molecule has 0 spiro atoms. The first kappa shape index (κ1) is 21.3. The fourth-order valence-corrected chi connectivity index (χ4v) is 3.25. The van der Waals surface area contributed by atoms with Crippen LogP contribution < -0.4 is 5.32 Å². The number of aromatic nitrogens is 5. The molecule has 0 aromatic carbocycles. The Kier molecular flexibility index (Phi) is 4.90. The molecule has 1 amide bonds. The summed E-state index contributed by atoms with van der Waals surface area (Å²) in [4.78, 5) is 22.6. The van der Waals surface area contributed by atoms with E-state index in [0.29, 0.717) is 17.1 Å². The van der Waals surface area contributed by atoms with Gasteiger partial charge in [-0.1, -0.05) is 0 Å². The van der Waals surface area contributed by atoms with Gasteiger partial charge in [0.05, 0.1) is 0 Å². The average Bonchev–Trinajstić information content (AvgIpc) is 3.28. The minimum atomic E-state index is -4.99. The standard InChI is InChI=1S/C19H12F6N6O/c1-31-15(17(32)29-9-4-6-26-12(7-9)18(20,21)22)13(19(23,24)25)14(30-31)11-8-28-16-10(11)3-2-5-27-16/h2-8H,1H3,(H,27,28)(H,26,29,32). The fourth-order valence-electron chi connectivity index (χ4n) is 3.25. The predicted molar refractivity (Wildman–Crippen MR) is 100 cm³/mol. The van der Waals surface area contributed by atoms with Gasteiger partial charge in [-0.2, -0.15) is 31.4 Å². The van der Waals surface area contributed by atoms with Gasteiger partial charge in [0.25, 0.3) is 5.91 Å². The number of carbonyl (C=O) groups is 1. The number of aromatic amines is 1. The van der Waals surface area contributed by atoms with Crippen molar-refractivity contribution in [1.82, 2.24) is 24.7 Å². The molecule has 4 aromatic heterocycles. The van der Waals surface area contributed by atoms with E-state index in [4.69, 9.17) is 0 Å². The van der Waals surface area contributed by atoms with Crippen molar-refractivity contribution in [3.05, 3.63) is 59.8 Å². The lowest BCUT2D eigenvalue weighted by molar-refractivity contribution is -0.141. The van der Waals surface area contributed by atoms with Crippen LogP contribution in [-0.4, -0.2) is 30.6 Å². The zero-order chi connectivity index (χ0) is 23.3. The predicted octanol–water partition coefficient (Wildman–Crippen LogP) is 4.65. The van der Waals surface area contributed by atoms with Gasteiger partial charge in [-0.15, -0.1) is 0 Å². The van der Waals surface area contributed by atoms with E-state index in [1.807, 2.05) is 0 Å². The number of nitrogens with zero attached hydrogens (tertiary/aromatic N) is 4. The number of rotatable bonds is 3. The summed E-state index contributed by atoms with van der Waals surface area (Å²) in [6.45, 7) is 0. The number of pyridine rings is 2. The van der Waals surface area contributed by atoms with E-state index in [2.05, 4.69) is 25.4 Å². The third kappa shape index (κ3) is 3.76. The smallest absolute Gasteiger partial charge is 0.345 e. The lowest BCUT2D eigenvalue weighted by atomic mass is 10.0. The number of H-pyrrole nitrogens is 1. The molecule has 4 aromatic rings. The number of halogens is 6. The lowest BCUT2D eigenvalue weighted by Crippen LogP contribution is -2.21. The van der Waals surface area contributed by atoms with Crippen molar-refractivity contribution in [2.24, 2.45) is 7.05 Å². The van der Waals surface area contributed by atoms with Crippen molar-refractivity contribution in [2.45, 2.75) is 12.4 Å². The van der Waals surface area contributed by atoms with Crippen molar-refractivity contribution in [1.29, 1.82) is 0 Å².